The highest BCUT2D eigenvalue weighted by atomic mass is 35.5. The molecule has 1 aliphatic carbocycles. The van der Waals surface area contributed by atoms with Crippen LogP contribution in [0, 0.1) is 0 Å². The van der Waals surface area contributed by atoms with Gasteiger partial charge in [-0.2, -0.15) is 5.10 Å². The van der Waals surface area contributed by atoms with Crippen molar-refractivity contribution in [3.05, 3.63) is 27.2 Å². The Bertz CT molecular complexity index is 600. The average Bonchev–Trinajstić information content (AvgIpc) is 2.66. The van der Waals surface area contributed by atoms with Crippen molar-refractivity contribution in [1.29, 1.82) is 0 Å². The summed E-state index contributed by atoms with van der Waals surface area (Å²) in [7, 11) is 0. The standard InChI is InChI=1S/C20H34N4O.2ClH/c1-2-3-4-7-11-23-13-15-24(16-14-23)12-10-19-17-8-5-6-9-18(17)20(25)22-21-19;;/h2-16H2,1H3,(H,22,25);2*1H. The molecule has 2 aliphatic rings. The molecule has 0 amide bonds. The van der Waals surface area contributed by atoms with E-state index in [1.807, 2.05) is 0 Å². The molecule has 0 bridgehead atoms. The van der Waals surface area contributed by atoms with E-state index in [9.17, 15) is 4.79 Å². The highest BCUT2D eigenvalue weighted by Gasteiger charge is 2.20. The largest absolute Gasteiger partial charge is 0.301 e. The molecule has 1 N–H and O–H groups in total. The van der Waals surface area contributed by atoms with E-state index in [1.165, 1.54) is 70.4 Å². The first-order valence-electron chi connectivity index (χ1n) is 10.3. The quantitative estimate of drug-likeness (QED) is 0.658. The van der Waals surface area contributed by atoms with E-state index in [-0.39, 0.29) is 30.4 Å². The summed E-state index contributed by atoms with van der Waals surface area (Å²) in [5.74, 6) is 0. The molecule has 0 unspecified atom stereocenters. The van der Waals surface area contributed by atoms with Crippen LogP contribution in [0.1, 0.15) is 62.3 Å². The lowest BCUT2D eigenvalue weighted by Gasteiger charge is -2.34. The summed E-state index contributed by atoms with van der Waals surface area (Å²) in [5, 5.41) is 7.10. The van der Waals surface area contributed by atoms with Crippen LogP contribution in [0.2, 0.25) is 0 Å². The molecule has 0 aromatic carbocycles. The van der Waals surface area contributed by atoms with Crippen molar-refractivity contribution in [2.75, 3.05) is 39.3 Å². The Morgan fingerprint density at radius 3 is 2.19 bits per heavy atom. The summed E-state index contributed by atoms with van der Waals surface area (Å²) in [5.41, 5.74) is 3.43. The third kappa shape index (κ3) is 7.04. The number of H-pyrrole nitrogens is 1. The molecule has 1 saturated heterocycles. The number of nitrogens with zero attached hydrogens (tertiary/aromatic N) is 3. The van der Waals surface area contributed by atoms with Gasteiger partial charge in [0.1, 0.15) is 0 Å². The van der Waals surface area contributed by atoms with Gasteiger partial charge in [-0.1, -0.05) is 26.2 Å². The molecule has 1 aromatic rings. The first-order valence-corrected chi connectivity index (χ1v) is 10.3. The van der Waals surface area contributed by atoms with Gasteiger partial charge in [0, 0.05) is 44.7 Å². The van der Waals surface area contributed by atoms with Gasteiger partial charge in [-0.25, -0.2) is 5.10 Å². The Morgan fingerprint density at radius 2 is 1.52 bits per heavy atom. The van der Waals surface area contributed by atoms with Gasteiger partial charge in [0.15, 0.2) is 0 Å². The number of halogens is 2. The maximum absolute atomic E-state index is 12.0. The zero-order valence-corrected chi connectivity index (χ0v) is 18.3. The van der Waals surface area contributed by atoms with Gasteiger partial charge < -0.3 is 9.80 Å². The van der Waals surface area contributed by atoms with Crippen LogP contribution in [0.25, 0.3) is 0 Å². The van der Waals surface area contributed by atoms with E-state index >= 15 is 0 Å². The van der Waals surface area contributed by atoms with Crippen molar-refractivity contribution < 1.29 is 0 Å². The fourth-order valence-electron chi connectivity index (χ4n) is 4.20. The molecule has 156 valence electrons. The molecule has 0 radical (unpaired) electrons. The Balaban J connectivity index is 0.00000182. The van der Waals surface area contributed by atoms with Crippen LogP contribution < -0.4 is 5.56 Å². The van der Waals surface area contributed by atoms with E-state index < -0.39 is 0 Å². The number of hydrogen-bond acceptors (Lipinski definition) is 4. The third-order valence-corrected chi connectivity index (χ3v) is 5.84. The number of aromatic nitrogens is 2. The predicted octanol–water partition coefficient (Wildman–Crippen LogP) is 3.23. The Kier molecular flexibility index (Phi) is 11.5. The highest BCUT2D eigenvalue weighted by molar-refractivity contribution is 5.85. The molecule has 0 spiro atoms. The number of unbranched alkanes of at least 4 members (excludes halogenated alkanes) is 3. The minimum absolute atomic E-state index is 0. The van der Waals surface area contributed by atoms with Gasteiger partial charge in [-0.05, 0) is 44.2 Å². The lowest BCUT2D eigenvalue weighted by Crippen LogP contribution is -2.47. The first-order chi connectivity index (χ1) is 12.3. The summed E-state index contributed by atoms with van der Waals surface area (Å²) in [4.78, 5) is 17.1. The van der Waals surface area contributed by atoms with Crippen LogP contribution >= 0.6 is 24.8 Å². The Hall–Kier alpha value is -0.620. The van der Waals surface area contributed by atoms with E-state index in [1.54, 1.807) is 0 Å². The lowest BCUT2D eigenvalue weighted by atomic mass is 9.91. The SMILES string of the molecule is CCCCCCN1CCN(CCc2n[nH]c(=O)c3c2CCCC3)CC1.Cl.Cl. The highest BCUT2D eigenvalue weighted by Crippen LogP contribution is 2.20. The molecule has 0 atom stereocenters. The fourth-order valence-corrected chi connectivity index (χ4v) is 4.20. The molecule has 2 heterocycles. The lowest BCUT2D eigenvalue weighted by molar-refractivity contribution is 0.131. The number of piperazine rings is 1. The molecule has 1 aliphatic heterocycles. The van der Waals surface area contributed by atoms with Crippen molar-refractivity contribution >= 4 is 24.8 Å². The fraction of sp³-hybridized carbons (Fsp3) is 0.800. The van der Waals surface area contributed by atoms with E-state index in [4.69, 9.17) is 0 Å². The normalized spacial score (nSPS) is 17.7. The molecular weight excluding hydrogens is 383 g/mol. The second-order valence-electron chi connectivity index (χ2n) is 7.66. The average molecular weight is 419 g/mol. The molecule has 7 heteroatoms. The molecule has 3 rings (SSSR count). The smallest absolute Gasteiger partial charge is 0.267 e. The van der Waals surface area contributed by atoms with Crippen molar-refractivity contribution in [2.24, 2.45) is 0 Å². The second kappa shape index (κ2) is 12.8. The molecule has 5 nitrogen and oxygen atoms in total. The first kappa shape index (κ1) is 24.4. The van der Waals surface area contributed by atoms with Crippen LogP contribution in [0.15, 0.2) is 4.79 Å². The predicted molar refractivity (Wildman–Crippen MR) is 117 cm³/mol. The molecule has 0 saturated carbocycles. The zero-order chi connectivity index (χ0) is 17.5. The maximum atomic E-state index is 12.0. The zero-order valence-electron chi connectivity index (χ0n) is 16.7. The minimum atomic E-state index is 0. The molecule has 27 heavy (non-hydrogen) atoms. The number of nitrogens with one attached hydrogen (secondary N) is 1. The topological polar surface area (TPSA) is 52.2 Å². The minimum Gasteiger partial charge on any atom is -0.301 e. The van der Waals surface area contributed by atoms with Crippen molar-refractivity contribution in [1.82, 2.24) is 20.0 Å². The van der Waals surface area contributed by atoms with Gasteiger partial charge in [0.05, 0.1) is 5.69 Å². The second-order valence-corrected chi connectivity index (χ2v) is 7.66. The molecule has 1 fully saturated rings. The maximum Gasteiger partial charge on any atom is 0.267 e. The van der Waals surface area contributed by atoms with Gasteiger partial charge >= 0.3 is 0 Å². The molecular formula is C20H36Cl2N4O. The summed E-state index contributed by atoms with van der Waals surface area (Å²) in [6.45, 7) is 9.33. The summed E-state index contributed by atoms with van der Waals surface area (Å²) >= 11 is 0. The van der Waals surface area contributed by atoms with E-state index in [0.29, 0.717) is 0 Å². The van der Waals surface area contributed by atoms with Crippen LogP contribution in [0.4, 0.5) is 0 Å². The van der Waals surface area contributed by atoms with Gasteiger partial charge in [-0.15, -0.1) is 24.8 Å². The number of rotatable bonds is 8. The number of hydrogen-bond donors (Lipinski definition) is 1. The van der Waals surface area contributed by atoms with Gasteiger partial charge in [-0.3, -0.25) is 4.79 Å². The molecule has 1 aromatic heterocycles. The van der Waals surface area contributed by atoms with Crippen LogP contribution in [0.3, 0.4) is 0 Å². The van der Waals surface area contributed by atoms with E-state index in [0.717, 1.165) is 43.5 Å². The summed E-state index contributed by atoms with van der Waals surface area (Å²) < 4.78 is 0. The number of fused-ring (bicyclic) bond motifs is 1. The van der Waals surface area contributed by atoms with E-state index in [2.05, 4.69) is 26.9 Å². The van der Waals surface area contributed by atoms with Gasteiger partial charge in [0.25, 0.3) is 5.56 Å². The van der Waals surface area contributed by atoms with Crippen molar-refractivity contribution in [2.45, 2.75) is 64.7 Å². The summed E-state index contributed by atoms with van der Waals surface area (Å²) in [6.07, 6.45) is 10.7. The number of aromatic amines is 1. The van der Waals surface area contributed by atoms with Crippen LogP contribution in [-0.4, -0.2) is 59.3 Å². The van der Waals surface area contributed by atoms with Gasteiger partial charge in [0.2, 0.25) is 0 Å². The van der Waals surface area contributed by atoms with Crippen LogP contribution in [-0.2, 0) is 19.3 Å². The monoisotopic (exact) mass is 418 g/mol. The Labute approximate surface area is 176 Å². The van der Waals surface area contributed by atoms with Crippen molar-refractivity contribution in [3.63, 3.8) is 0 Å². The third-order valence-electron chi connectivity index (χ3n) is 5.84. The van der Waals surface area contributed by atoms with Crippen LogP contribution in [0.5, 0.6) is 0 Å². The summed E-state index contributed by atoms with van der Waals surface area (Å²) in [6, 6.07) is 0. The van der Waals surface area contributed by atoms with Crippen molar-refractivity contribution in [3.8, 4) is 0 Å². The Morgan fingerprint density at radius 1 is 0.889 bits per heavy atom.